The predicted octanol–water partition coefficient (Wildman–Crippen LogP) is 2.35. The molecule has 1 aromatic heterocycles. The second-order valence-corrected chi connectivity index (χ2v) is 4.09. The molecule has 1 heterocycles. The molecular weight excluding hydrogens is 228 g/mol. The van der Waals surface area contributed by atoms with Crippen molar-refractivity contribution in [1.29, 1.82) is 0 Å². The van der Waals surface area contributed by atoms with Gasteiger partial charge in [-0.3, -0.25) is 0 Å². The van der Waals surface area contributed by atoms with Gasteiger partial charge in [0.2, 0.25) is 0 Å². The van der Waals surface area contributed by atoms with Crippen LogP contribution < -0.4 is 9.47 Å². The molecule has 3 rings (SSSR count). The first-order valence-corrected chi connectivity index (χ1v) is 5.78. The number of imidazole rings is 1. The van der Waals surface area contributed by atoms with E-state index in [0.717, 1.165) is 23.6 Å². The Labute approximate surface area is 105 Å². The minimum Gasteiger partial charge on any atom is -0.493 e. The molecule has 4 heteroatoms. The van der Waals surface area contributed by atoms with Crippen molar-refractivity contribution in [2.45, 2.75) is 6.42 Å². The summed E-state index contributed by atoms with van der Waals surface area (Å²) < 4.78 is 12.8. The molecule has 0 saturated heterocycles. The Balaban J connectivity index is 2.11. The van der Waals surface area contributed by atoms with E-state index in [4.69, 9.17) is 9.47 Å². The van der Waals surface area contributed by atoms with Crippen LogP contribution >= 0.6 is 0 Å². The Bertz CT molecular complexity index is 601. The first-order chi connectivity index (χ1) is 8.85. The van der Waals surface area contributed by atoms with Gasteiger partial charge in [0.15, 0.2) is 11.5 Å². The Morgan fingerprint density at radius 3 is 2.78 bits per heavy atom. The molecule has 0 unspecified atom stereocenters. The third-order valence-corrected chi connectivity index (χ3v) is 3.21. The minimum atomic E-state index is 0.775. The highest BCUT2D eigenvalue weighted by molar-refractivity contribution is 5.76. The lowest BCUT2D eigenvalue weighted by atomic mass is 10.1. The SMILES string of the molecule is COc1ccc2c(c1OC)CC=C2n1ccnc1. The van der Waals surface area contributed by atoms with Crippen LogP contribution in [0.1, 0.15) is 11.1 Å². The van der Waals surface area contributed by atoms with Gasteiger partial charge >= 0.3 is 0 Å². The Morgan fingerprint density at radius 2 is 2.11 bits per heavy atom. The predicted molar refractivity (Wildman–Crippen MR) is 68.9 cm³/mol. The van der Waals surface area contributed by atoms with Gasteiger partial charge in [-0.2, -0.15) is 0 Å². The normalized spacial score (nSPS) is 13.1. The molecule has 4 nitrogen and oxygen atoms in total. The van der Waals surface area contributed by atoms with E-state index in [1.807, 2.05) is 16.8 Å². The zero-order valence-corrected chi connectivity index (χ0v) is 10.4. The molecule has 92 valence electrons. The quantitative estimate of drug-likeness (QED) is 0.829. The highest BCUT2D eigenvalue weighted by Crippen LogP contribution is 2.40. The molecule has 0 radical (unpaired) electrons. The van der Waals surface area contributed by atoms with Crippen molar-refractivity contribution in [1.82, 2.24) is 9.55 Å². The number of ether oxygens (including phenoxy) is 2. The minimum absolute atomic E-state index is 0.775. The number of methoxy groups -OCH3 is 2. The van der Waals surface area contributed by atoms with Gasteiger partial charge in [0, 0.05) is 23.5 Å². The molecule has 0 amide bonds. The van der Waals surface area contributed by atoms with Crippen molar-refractivity contribution < 1.29 is 9.47 Å². The summed E-state index contributed by atoms with van der Waals surface area (Å²) in [6.07, 6.45) is 8.55. The maximum atomic E-state index is 5.46. The Hall–Kier alpha value is -2.23. The fraction of sp³-hybridized carbons (Fsp3) is 0.214. The van der Waals surface area contributed by atoms with Crippen molar-refractivity contribution in [2.75, 3.05) is 14.2 Å². The molecule has 0 bridgehead atoms. The van der Waals surface area contributed by atoms with E-state index < -0.39 is 0 Å². The molecule has 1 aliphatic rings. The van der Waals surface area contributed by atoms with E-state index >= 15 is 0 Å². The van der Waals surface area contributed by atoms with E-state index in [9.17, 15) is 0 Å². The molecule has 0 atom stereocenters. The van der Waals surface area contributed by atoms with Crippen LogP contribution in [0.3, 0.4) is 0 Å². The van der Waals surface area contributed by atoms with Crippen molar-refractivity contribution >= 4 is 5.70 Å². The van der Waals surface area contributed by atoms with Gasteiger partial charge in [-0.25, -0.2) is 4.98 Å². The number of hydrogen-bond acceptors (Lipinski definition) is 3. The van der Waals surface area contributed by atoms with Crippen LogP contribution in [0.15, 0.2) is 36.9 Å². The molecule has 0 N–H and O–H groups in total. The fourth-order valence-corrected chi connectivity index (χ4v) is 2.39. The van der Waals surface area contributed by atoms with Gasteiger partial charge in [-0.15, -0.1) is 0 Å². The van der Waals surface area contributed by atoms with Crippen LogP contribution in [-0.4, -0.2) is 23.8 Å². The summed E-state index contributed by atoms with van der Waals surface area (Å²) in [5.41, 5.74) is 3.48. The van der Waals surface area contributed by atoms with E-state index in [1.54, 1.807) is 26.7 Å². The van der Waals surface area contributed by atoms with Gasteiger partial charge < -0.3 is 14.0 Å². The molecule has 0 saturated carbocycles. The summed E-state index contributed by atoms with van der Waals surface area (Å²) in [6, 6.07) is 4.00. The van der Waals surface area contributed by atoms with Gasteiger partial charge in [-0.05, 0) is 18.6 Å². The maximum Gasteiger partial charge on any atom is 0.164 e. The maximum absolute atomic E-state index is 5.46. The lowest BCUT2D eigenvalue weighted by Gasteiger charge is -2.13. The van der Waals surface area contributed by atoms with Gasteiger partial charge in [0.1, 0.15) is 0 Å². The van der Waals surface area contributed by atoms with Gasteiger partial charge in [0.05, 0.1) is 26.2 Å². The van der Waals surface area contributed by atoms with Crippen molar-refractivity contribution in [3.63, 3.8) is 0 Å². The first-order valence-electron chi connectivity index (χ1n) is 5.78. The molecule has 1 aliphatic carbocycles. The largest absolute Gasteiger partial charge is 0.493 e. The van der Waals surface area contributed by atoms with Crippen molar-refractivity contribution in [3.8, 4) is 11.5 Å². The average molecular weight is 242 g/mol. The number of rotatable bonds is 3. The number of nitrogens with zero attached hydrogens (tertiary/aromatic N) is 2. The first kappa shape index (κ1) is 10.9. The number of fused-ring (bicyclic) bond motifs is 1. The van der Waals surface area contributed by atoms with E-state index in [-0.39, 0.29) is 0 Å². The summed E-state index contributed by atoms with van der Waals surface area (Å²) in [5.74, 6) is 1.60. The van der Waals surface area contributed by atoms with Crippen LogP contribution in [0.4, 0.5) is 0 Å². The molecule has 1 aromatic carbocycles. The zero-order chi connectivity index (χ0) is 12.5. The van der Waals surface area contributed by atoms with Crippen LogP contribution in [0.25, 0.3) is 5.70 Å². The summed E-state index contributed by atoms with van der Waals surface area (Å²) in [7, 11) is 3.33. The number of hydrogen-bond donors (Lipinski definition) is 0. The number of aromatic nitrogens is 2. The lowest BCUT2D eigenvalue weighted by Crippen LogP contribution is -1.98. The Morgan fingerprint density at radius 1 is 1.22 bits per heavy atom. The fourth-order valence-electron chi connectivity index (χ4n) is 2.39. The molecule has 2 aromatic rings. The summed E-state index contributed by atoms with van der Waals surface area (Å²) in [6.45, 7) is 0. The number of benzene rings is 1. The summed E-state index contributed by atoms with van der Waals surface area (Å²) >= 11 is 0. The smallest absolute Gasteiger partial charge is 0.164 e. The van der Waals surface area contributed by atoms with Gasteiger partial charge in [-0.1, -0.05) is 6.08 Å². The molecule has 0 spiro atoms. The molecule has 18 heavy (non-hydrogen) atoms. The van der Waals surface area contributed by atoms with Crippen molar-refractivity contribution in [3.05, 3.63) is 48.1 Å². The van der Waals surface area contributed by atoms with Crippen LogP contribution in [0, 0.1) is 0 Å². The van der Waals surface area contributed by atoms with Crippen LogP contribution in [0.2, 0.25) is 0 Å². The van der Waals surface area contributed by atoms with Crippen LogP contribution in [-0.2, 0) is 6.42 Å². The second-order valence-electron chi connectivity index (χ2n) is 4.09. The second kappa shape index (κ2) is 4.22. The summed E-state index contributed by atoms with van der Waals surface area (Å²) in [4.78, 5) is 4.08. The molecule has 0 fully saturated rings. The van der Waals surface area contributed by atoms with Crippen LogP contribution in [0.5, 0.6) is 11.5 Å². The van der Waals surface area contributed by atoms with E-state index in [2.05, 4.69) is 17.1 Å². The average Bonchev–Trinajstić information content (AvgIpc) is 3.05. The standard InChI is InChI=1S/C14H14N2O2/c1-17-13-6-4-10-11(14(13)18-2)3-5-12(10)16-8-7-15-9-16/h4-9H,3H2,1-2H3. The third-order valence-electron chi connectivity index (χ3n) is 3.21. The van der Waals surface area contributed by atoms with Crippen molar-refractivity contribution in [2.24, 2.45) is 0 Å². The van der Waals surface area contributed by atoms with Gasteiger partial charge in [0.25, 0.3) is 0 Å². The van der Waals surface area contributed by atoms with E-state index in [0.29, 0.717) is 0 Å². The topological polar surface area (TPSA) is 36.3 Å². The van der Waals surface area contributed by atoms with E-state index in [1.165, 1.54) is 11.1 Å². The zero-order valence-electron chi connectivity index (χ0n) is 10.4. The highest BCUT2D eigenvalue weighted by Gasteiger charge is 2.21. The highest BCUT2D eigenvalue weighted by atomic mass is 16.5. The number of allylic oxidation sites excluding steroid dienone is 1. The Kier molecular flexibility index (Phi) is 2.55. The lowest BCUT2D eigenvalue weighted by molar-refractivity contribution is 0.352. The monoisotopic (exact) mass is 242 g/mol. The third kappa shape index (κ3) is 1.49. The molecule has 0 aliphatic heterocycles. The molecular formula is C14H14N2O2. The summed E-state index contributed by atoms with van der Waals surface area (Å²) in [5, 5.41) is 0.